The molecule has 0 radical (unpaired) electrons. The van der Waals surface area contributed by atoms with Crippen LogP contribution in [-0.4, -0.2) is 30.3 Å². The standard InChI is InChI=1S/C22H25NO4/c1-22(2,3)14-7-8-17-15(11-14)16(12-20(24)25)21(23-17)13-6-9-18(26-4)19(10-13)27-5/h6-11,23H,12H2,1-5H3,(H,24,25). The van der Waals surface area contributed by atoms with Gasteiger partial charge in [-0.2, -0.15) is 0 Å². The van der Waals surface area contributed by atoms with Crippen LogP contribution in [0.1, 0.15) is 31.9 Å². The molecule has 0 atom stereocenters. The van der Waals surface area contributed by atoms with Crippen LogP contribution >= 0.6 is 0 Å². The number of carboxylic acids is 1. The lowest BCUT2D eigenvalue weighted by Gasteiger charge is -2.19. The van der Waals surface area contributed by atoms with Crippen LogP contribution in [0.5, 0.6) is 11.5 Å². The van der Waals surface area contributed by atoms with Gasteiger partial charge in [-0.25, -0.2) is 0 Å². The SMILES string of the molecule is COc1ccc(-c2[nH]c3ccc(C(C)(C)C)cc3c2CC(=O)O)cc1OC. The molecule has 3 rings (SSSR count). The molecule has 5 heteroatoms. The number of carbonyl (C=O) groups is 1. The zero-order valence-corrected chi connectivity index (χ0v) is 16.3. The van der Waals surface area contributed by atoms with E-state index in [9.17, 15) is 9.90 Å². The normalized spacial score (nSPS) is 11.6. The van der Waals surface area contributed by atoms with Gasteiger partial charge in [-0.1, -0.05) is 26.8 Å². The number of benzene rings is 2. The van der Waals surface area contributed by atoms with Gasteiger partial charge in [0.2, 0.25) is 0 Å². The molecular weight excluding hydrogens is 342 g/mol. The third-order valence-corrected chi connectivity index (χ3v) is 4.77. The van der Waals surface area contributed by atoms with Gasteiger partial charge >= 0.3 is 5.97 Å². The van der Waals surface area contributed by atoms with Crippen molar-refractivity contribution in [3.05, 3.63) is 47.5 Å². The van der Waals surface area contributed by atoms with Crippen LogP contribution in [0.2, 0.25) is 0 Å². The van der Waals surface area contributed by atoms with Gasteiger partial charge in [-0.3, -0.25) is 4.79 Å². The van der Waals surface area contributed by atoms with Crippen LogP contribution in [-0.2, 0) is 16.6 Å². The van der Waals surface area contributed by atoms with Gasteiger partial charge in [0.1, 0.15) is 0 Å². The number of nitrogens with one attached hydrogen (secondary N) is 1. The summed E-state index contributed by atoms with van der Waals surface area (Å²) in [5, 5.41) is 10.4. The molecule has 0 saturated carbocycles. The molecule has 3 aromatic rings. The molecule has 2 N–H and O–H groups in total. The highest BCUT2D eigenvalue weighted by Gasteiger charge is 2.20. The van der Waals surface area contributed by atoms with Gasteiger partial charge < -0.3 is 19.6 Å². The molecule has 1 aromatic heterocycles. The van der Waals surface area contributed by atoms with Crippen LogP contribution in [0.25, 0.3) is 22.2 Å². The van der Waals surface area contributed by atoms with Crippen LogP contribution in [0.4, 0.5) is 0 Å². The predicted octanol–water partition coefficient (Wildman–Crippen LogP) is 4.78. The second-order valence-corrected chi connectivity index (χ2v) is 7.63. The number of rotatable bonds is 5. The van der Waals surface area contributed by atoms with E-state index in [0.717, 1.165) is 27.7 Å². The van der Waals surface area contributed by atoms with Crippen molar-refractivity contribution in [1.29, 1.82) is 0 Å². The number of carboxylic acid groups (broad SMARTS) is 1. The molecule has 142 valence electrons. The molecule has 27 heavy (non-hydrogen) atoms. The molecule has 1 heterocycles. The first-order valence-electron chi connectivity index (χ1n) is 8.84. The summed E-state index contributed by atoms with van der Waals surface area (Å²) in [5.41, 5.74) is 4.49. The Morgan fingerprint density at radius 2 is 1.74 bits per heavy atom. The number of ether oxygens (including phenoxy) is 2. The van der Waals surface area contributed by atoms with Gasteiger partial charge in [0, 0.05) is 16.5 Å². The van der Waals surface area contributed by atoms with E-state index in [4.69, 9.17) is 9.47 Å². The highest BCUT2D eigenvalue weighted by molar-refractivity contribution is 5.94. The molecule has 0 aliphatic carbocycles. The number of aromatic nitrogens is 1. The van der Waals surface area contributed by atoms with Gasteiger partial charge in [-0.15, -0.1) is 0 Å². The Morgan fingerprint density at radius 1 is 1.04 bits per heavy atom. The molecule has 0 unspecified atom stereocenters. The quantitative estimate of drug-likeness (QED) is 0.681. The predicted molar refractivity (Wildman–Crippen MR) is 107 cm³/mol. The maximum Gasteiger partial charge on any atom is 0.307 e. The number of fused-ring (bicyclic) bond motifs is 1. The van der Waals surface area contributed by atoms with E-state index in [0.29, 0.717) is 11.5 Å². The second kappa shape index (κ2) is 6.99. The van der Waals surface area contributed by atoms with Crippen molar-refractivity contribution in [2.45, 2.75) is 32.6 Å². The highest BCUT2D eigenvalue weighted by Crippen LogP contribution is 2.37. The average molecular weight is 367 g/mol. The third-order valence-electron chi connectivity index (χ3n) is 4.77. The number of H-pyrrole nitrogens is 1. The van der Waals surface area contributed by atoms with Crippen LogP contribution in [0.15, 0.2) is 36.4 Å². The number of hydrogen-bond donors (Lipinski definition) is 2. The van der Waals surface area contributed by atoms with Crippen molar-refractivity contribution in [1.82, 2.24) is 4.98 Å². The van der Waals surface area contributed by atoms with E-state index in [1.807, 2.05) is 24.3 Å². The fourth-order valence-corrected chi connectivity index (χ4v) is 3.29. The molecular formula is C22H25NO4. The molecule has 5 nitrogen and oxygen atoms in total. The van der Waals surface area contributed by atoms with Crippen molar-refractivity contribution < 1.29 is 19.4 Å². The van der Waals surface area contributed by atoms with Gasteiger partial charge in [0.25, 0.3) is 0 Å². The Morgan fingerprint density at radius 3 is 2.33 bits per heavy atom. The highest BCUT2D eigenvalue weighted by atomic mass is 16.5. The number of hydrogen-bond acceptors (Lipinski definition) is 3. The first kappa shape index (κ1) is 18.8. The Labute approximate surface area is 158 Å². The minimum atomic E-state index is -0.862. The summed E-state index contributed by atoms with van der Waals surface area (Å²) in [6.07, 6.45) is -0.0583. The van der Waals surface area contributed by atoms with E-state index >= 15 is 0 Å². The van der Waals surface area contributed by atoms with E-state index in [1.165, 1.54) is 5.56 Å². The van der Waals surface area contributed by atoms with Crippen molar-refractivity contribution in [3.63, 3.8) is 0 Å². The van der Waals surface area contributed by atoms with Crippen LogP contribution in [0, 0.1) is 0 Å². The van der Waals surface area contributed by atoms with Gasteiger partial charge in [0.15, 0.2) is 11.5 Å². The fraction of sp³-hybridized carbons (Fsp3) is 0.318. The molecule has 0 amide bonds. The van der Waals surface area contributed by atoms with Crippen LogP contribution < -0.4 is 9.47 Å². The maximum atomic E-state index is 11.5. The number of aromatic amines is 1. The Bertz CT molecular complexity index is 995. The zero-order valence-electron chi connectivity index (χ0n) is 16.3. The summed E-state index contributed by atoms with van der Waals surface area (Å²) < 4.78 is 10.7. The Balaban J connectivity index is 2.24. The van der Waals surface area contributed by atoms with E-state index in [1.54, 1.807) is 14.2 Å². The van der Waals surface area contributed by atoms with E-state index < -0.39 is 5.97 Å². The zero-order chi connectivity index (χ0) is 19.8. The molecule has 0 fully saturated rings. The Hall–Kier alpha value is -2.95. The minimum Gasteiger partial charge on any atom is -0.493 e. The molecule has 0 aliphatic heterocycles. The Kier molecular flexibility index (Phi) is 4.87. The van der Waals surface area contributed by atoms with Gasteiger partial charge in [0.05, 0.1) is 26.3 Å². The monoisotopic (exact) mass is 367 g/mol. The topological polar surface area (TPSA) is 71.6 Å². The lowest BCUT2D eigenvalue weighted by Crippen LogP contribution is -2.10. The third kappa shape index (κ3) is 3.63. The summed E-state index contributed by atoms with van der Waals surface area (Å²) >= 11 is 0. The number of methoxy groups -OCH3 is 2. The maximum absolute atomic E-state index is 11.5. The van der Waals surface area contributed by atoms with Crippen LogP contribution in [0.3, 0.4) is 0 Å². The lowest BCUT2D eigenvalue weighted by atomic mass is 9.86. The van der Waals surface area contributed by atoms with Crippen molar-refractivity contribution >= 4 is 16.9 Å². The van der Waals surface area contributed by atoms with Crippen molar-refractivity contribution in [2.75, 3.05) is 14.2 Å². The fourth-order valence-electron chi connectivity index (χ4n) is 3.29. The first-order chi connectivity index (χ1) is 12.7. The molecule has 2 aromatic carbocycles. The summed E-state index contributed by atoms with van der Waals surface area (Å²) in [5.74, 6) is 0.372. The summed E-state index contributed by atoms with van der Waals surface area (Å²) in [6, 6.07) is 11.8. The summed E-state index contributed by atoms with van der Waals surface area (Å²) in [7, 11) is 3.17. The summed E-state index contributed by atoms with van der Waals surface area (Å²) in [4.78, 5) is 14.9. The second-order valence-electron chi connectivity index (χ2n) is 7.63. The van der Waals surface area contributed by atoms with Crippen molar-refractivity contribution in [2.24, 2.45) is 0 Å². The largest absolute Gasteiger partial charge is 0.493 e. The van der Waals surface area contributed by atoms with E-state index in [2.05, 4.69) is 37.9 Å². The average Bonchev–Trinajstić information content (AvgIpc) is 2.97. The minimum absolute atomic E-state index is 0.0184. The summed E-state index contributed by atoms with van der Waals surface area (Å²) in [6.45, 7) is 6.44. The molecule has 0 bridgehead atoms. The molecule has 0 spiro atoms. The first-order valence-corrected chi connectivity index (χ1v) is 8.84. The number of aliphatic carboxylic acids is 1. The lowest BCUT2D eigenvalue weighted by molar-refractivity contribution is -0.136. The van der Waals surface area contributed by atoms with E-state index in [-0.39, 0.29) is 11.8 Å². The van der Waals surface area contributed by atoms with Crippen molar-refractivity contribution in [3.8, 4) is 22.8 Å². The smallest absolute Gasteiger partial charge is 0.307 e. The molecule has 0 aliphatic rings. The van der Waals surface area contributed by atoms with Gasteiger partial charge in [-0.05, 0) is 46.9 Å². The molecule has 0 saturated heterocycles.